The first-order valence-electron chi connectivity index (χ1n) is 7.28. The summed E-state index contributed by atoms with van der Waals surface area (Å²) in [5, 5.41) is 9.66. The van der Waals surface area contributed by atoms with Crippen molar-refractivity contribution in [1.29, 1.82) is 0 Å². The Labute approximate surface area is 119 Å². The van der Waals surface area contributed by atoms with Gasteiger partial charge in [0.15, 0.2) is 0 Å². The zero-order chi connectivity index (χ0) is 13.9. The van der Waals surface area contributed by atoms with Crippen LogP contribution in [0.1, 0.15) is 24.5 Å². The van der Waals surface area contributed by atoms with E-state index < -0.39 is 0 Å². The largest absolute Gasteiger partial charge is 0.496 e. The molecule has 4 atom stereocenters. The van der Waals surface area contributed by atoms with Crippen LogP contribution in [0.25, 0.3) is 0 Å². The van der Waals surface area contributed by atoms with Crippen LogP contribution in [0, 0.1) is 11.8 Å². The van der Waals surface area contributed by atoms with Gasteiger partial charge in [0.25, 0.3) is 0 Å². The maximum absolute atomic E-state index is 9.66. The molecule has 3 rings (SSSR count). The van der Waals surface area contributed by atoms with Gasteiger partial charge >= 0.3 is 0 Å². The van der Waals surface area contributed by atoms with Crippen molar-refractivity contribution >= 4 is 0 Å². The van der Waals surface area contributed by atoms with Crippen molar-refractivity contribution in [1.82, 2.24) is 0 Å². The lowest BCUT2D eigenvalue weighted by Crippen LogP contribution is -2.18. The first kappa shape index (κ1) is 13.9. The summed E-state index contributed by atoms with van der Waals surface area (Å²) in [5.74, 6) is 2.04. The third kappa shape index (κ3) is 2.68. The monoisotopic (exact) mass is 278 g/mol. The van der Waals surface area contributed by atoms with Crippen LogP contribution < -0.4 is 4.74 Å². The molecule has 1 N–H and O–H groups in total. The Morgan fingerprint density at radius 3 is 2.60 bits per heavy atom. The van der Waals surface area contributed by atoms with Crippen LogP contribution in [0.15, 0.2) is 24.3 Å². The van der Waals surface area contributed by atoms with E-state index in [2.05, 4.69) is 0 Å². The fourth-order valence-corrected chi connectivity index (χ4v) is 3.43. The molecular formula is C16H22O4. The Balaban J connectivity index is 1.68. The summed E-state index contributed by atoms with van der Waals surface area (Å²) in [5.41, 5.74) is 0.922. The molecular weight excluding hydrogens is 256 g/mol. The average Bonchev–Trinajstić information content (AvgIpc) is 3.05. The van der Waals surface area contributed by atoms with E-state index in [1.807, 2.05) is 24.3 Å². The molecule has 0 amide bonds. The van der Waals surface area contributed by atoms with Gasteiger partial charge in [-0.1, -0.05) is 18.2 Å². The van der Waals surface area contributed by atoms with Crippen LogP contribution in [0.3, 0.4) is 0 Å². The first-order chi connectivity index (χ1) is 9.81. The standard InChI is InChI=1S/C16H22O4/c1-18-15-5-3-2-4-14(15)16(8-17)20-13-6-11-9-19-10-12(11)7-13/h2-5,11-13,16-17H,6-10H2,1H3/t11-,12+,13?,16-/m0/s1. The molecule has 1 aromatic rings. The van der Waals surface area contributed by atoms with Crippen LogP contribution in [0.4, 0.5) is 0 Å². The van der Waals surface area contributed by atoms with E-state index in [0.717, 1.165) is 37.4 Å². The topological polar surface area (TPSA) is 47.9 Å². The van der Waals surface area contributed by atoms with Crippen molar-refractivity contribution < 1.29 is 19.3 Å². The Morgan fingerprint density at radius 1 is 1.25 bits per heavy atom. The number of ether oxygens (including phenoxy) is 3. The van der Waals surface area contributed by atoms with Crippen LogP contribution >= 0.6 is 0 Å². The summed E-state index contributed by atoms with van der Waals surface area (Å²) in [6.45, 7) is 1.70. The molecule has 0 spiro atoms. The van der Waals surface area contributed by atoms with Gasteiger partial charge in [-0.05, 0) is 30.7 Å². The second-order valence-corrected chi connectivity index (χ2v) is 5.70. The molecule has 4 nitrogen and oxygen atoms in total. The summed E-state index contributed by atoms with van der Waals surface area (Å²) >= 11 is 0. The molecule has 1 aliphatic heterocycles. The van der Waals surface area contributed by atoms with Crippen LogP contribution in [0.2, 0.25) is 0 Å². The predicted molar refractivity (Wildman–Crippen MR) is 74.7 cm³/mol. The van der Waals surface area contributed by atoms with E-state index in [-0.39, 0.29) is 18.8 Å². The highest BCUT2D eigenvalue weighted by Gasteiger charge is 2.39. The number of fused-ring (bicyclic) bond motifs is 1. The number of aliphatic hydroxyl groups excluding tert-OH is 1. The molecule has 0 aromatic heterocycles. The van der Waals surface area contributed by atoms with E-state index in [0.29, 0.717) is 11.8 Å². The maximum Gasteiger partial charge on any atom is 0.124 e. The highest BCUT2D eigenvalue weighted by atomic mass is 16.5. The lowest BCUT2D eigenvalue weighted by Gasteiger charge is -2.23. The van der Waals surface area contributed by atoms with Crippen LogP contribution in [-0.2, 0) is 9.47 Å². The minimum Gasteiger partial charge on any atom is -0.496 e. The smallest absolute Gasteiger partial charge is 0.124 e. The number of methoxy groups -OCH3 is 1. The minimum absolute atomic E-state index is 0.0251. The van der Waals surface area contributed by atoms with Gasteiger partial charge < -0.3 is 19.3 Å². The molecule has 1 saturated carbocycles. The molecule has 0 bridgehead atoms. The van der Waals surface area contributed by atoms with Gasteiger partial charge in [0.2, 0.25) is 0 Å². The van der Waals surface area contributed by atoms with Crippen LogP contribution in [0.5, 0.6) is 5.75 Å². The van der Waals surface area contributed by atoms with E-state index >= 15 is 0 Å². The minimum atomic E-state index is -0.309. The Bertz CT molecular complexity index is 436. The summed E-state index contributed by atoms with van der Waals surface area (Å²) in [4.78, 5) is 0. The molecule has 2 aliphatic rings. The number of benzene rings is 1. The molecule has 1 aromatic carbocycles. The number of aliphatic hydroxyl groups is 1. The normalized spacial score (nSPS) is 30.2. The van der Waals surface area contributed by atoms with Gasteiger partial charge in [0, 0.05) is 18.8 Å². The van der Waals surface area contributed by atoms with Gasteiger partial charge in [-0.25, -0.2) is 0 Å². The van der Waals surface area contributed by atoms with E-state index in [1.54, 1.807) is 7.11 Å². The summed E-state index contributed by atoms with van der Waals surface area (Å²) in [7, 11) is 1.64. The lowest BCUT2D eigenvalue weighted by molar-refractivity contribution is -0.0450. The molecule has 0 radical (unpaired) electrons. The third-order valence-corrected chi connectivity index (χ3v) is 4.47. The number of para-hydroxylation sites is 1. The van der Waals surface area contributed by atoms with Crippen LogP contribution in [-0.4, -0.2) is 38.1 Å². The average molecular weight is 278 g/mol. The van der Waals surface area contributed by atoms with Gasteiger partial charge in [-0.2, -0.15) is 0 Å². The second-order valence-electron chi connectivity index (χ2n) is 5.70. The van der Waals surface area contributed by atoms with Gasteiger partial charge in [-0.15, -0.1) is 0 Å². The maximum atomic E-state index is 9.66. The fourth-order valence-electron chi connectivity index (χ4n) is 3.43. The second kappa shape index (κ2) is 6.12. The molecule has 1 heterocycles. The molecule has 110 valence electrons. The Hall–Kier alpha value is -1.10. The summed E-state index contributed by atoms with van der Waals surface area (Å²) in [6, 6.07) is 7.73. The van der Waals surface area contributed by atoms with Crippen molar-refractivity contribution in [2.24, 2.45) is 11.8 Å². The summed E-state index contributed by atoms with van der Waals surface area (Å²) in [6.07, 6.45) is 1.99. The number of hydrogen-bond donors (Lipinski definition) is 1. The van der Waals surface area contributed by atoms with E-state index in [9.17, 15) is 5.11 Å². The first-order valence-corrected chi connectivity index (χ1v) is 7.28. The van der Waals surface area contributed by atoms with Gasteiger partial charge in [0.1, 0.15) is 11.9 Å². The predicted octanol–water partition coefficient (Wildman–Crippen LogP) is 2.17. The van der Waals surface area contributed by atoms with Crippen molar-refractivity contribution in [3.63, 3.8) is 0 Å². The van der Waals surface area contributed by atoms with Crippen molar-refractivity contribution in [3.8, 4) is 5.75 Å². The highest BCUT2D eigenvalue weighted by Crippen LogP contribution is 2.40. The van der Waals surface area contributed by atoms with Gasteiger partial charge in [0.05, 0.1) is 19.8 Å². The molecule has 1 saturated heterocycles. The van der Waals surface area contributed by atoms with Crippen molar-refractivity contribution in [2.45, 2.75) is 25.0 Å². The Kier molecular flexibility index (Phi) is 4.24. The molecule has 20 heavy (non-hydrogen) atoms. The zero-order valence-corrected chi connectivity index (χ0v) is 11.8. The quantitative estimate of drug-likeness (QED) is 0.896. The van der Waals surface area contributed by atoms with Crippen molar-refractivity contribution in [2.75, 3.05) is 26.9 Å². The molecule has 1 aliphatic carbocycles. The third-order valence-electron chi connectivity index (χ3n) is 4.47. The lowest BCUT2D eigenvalue weighted by atomic mass is 10.0. The van der Waals surface area contributed by atoms with E-state index in [1.165, 1.54) is 0 Å². The van der Waals surface area contributed by atoms with Gasteiger partial charge in [-0.3, -0.25) is 0 Å². The van der Waals surface area contributed by atoms with Crippen molar-refractivity contribution in [3.05, 3.63) is 29.8 Å². The number of hydrogen-bond acceptors (Lipinski definition) is 4. The molecule has 4 heteroatoms. The summed E-state index contributed by atoms with van der Waals surface area (Å²) < 4.78 is 17.0. The highest BCUT2D eigenvalue weighted by molar-refractivity contribution is 5.35. The SMILES string of the molecule is COc1ccccc1[C@H](CO)OC1C[C@H]2COC[C@H]2C1. The number of rotatable bonds is 5. The molecule has 1 unspecified atom stereocenters. The van der Waals surface area contributed by atoms with E-state index in [4.69, 9.17) is 14.2 Å². The zero-order valence-electron chi connectivity index (χ0n) is 11.8. The Morgan fingerprint density at radius 2 is 1.95 bits per heavy atom. The fraction of sp³-hybridized carbons (Fsp3) is 0.625. The molecule has 2 fully saturated rings.